The van der Waals surface area contributed by atoms with E-state index in [0.717, 1.165) is 5.92 Å². The molecule has 0 radical (unpaired) electrons. The minimum Gasteiger partial charge on any atom is -0.392 e. The highest BCUT2D eigenvalue weighted by molar-refractivity contribution is 7.89. The molecule has 2 fully saturated rings. The van der Waals surface area contributed by atoms with Gasteiger partial charge in [-0.15, -0.1) is 0 Å². The Morgan fingerprint density at radius 2 is 2.10 bits per heavy atom. The summed E-state index contributed by atoms with van der Waals surface area (Å²) < 4.78 is 27.3. The molecule has 5 heteroatoms. The summed E-state index contributed by atoms with van der Waals surface area (Å²) in [4.78, 5) is 0.243. The Morgan fingerprint density at radius 1 is 1.25 bits per heavy atom. The highest BCUT2D eigenvalue weighted by Crippen LogP contribution is 2.48. The van der Waals surface area contributed by atoms with Crippen LogP contribution in [-0.4, -0.2) is 20.1 Å². The summed E-state index contributed by atoms with van der Waals surface area (Å²) >= 11 is 0. The van der Waals surface area contributed by atoms with E-state index in [0.29, 0.717) is 23.9 Å². The van der Waals surface area contributed by atoms with Crippen LogP contribution in [0.1, 0.15) is 31.2 Å². The maximum absolute atomic E-state index is 12.3. The van der Waals surface area contributed by atoms with E-state index in [-0.39, 0.29) is 11.5 Å². The molecular weight excluding hydrogens is 274 g/mol. The summed E-state index contributed by atoms with van der Waals surface area (Å²) in [6.45, 7) is 0.405. The fraction of sp³-hybridized carbons (Fsp3) is 0.600. The van der Waals surface area contributed by atoms with Crippen LogP contribution in [-0.2, 0) is 16.6 Å². The Morgan fingerprint density at radius 3 is 2.75 bits per heavy atom. The molecule has 20 heavy (non-hydrogen) atoms. The second kappa shape index (κ2) is 5.47. The molecule has 2 N–H and O–H groups in total. The minimum atomic E-state index is -3.46. The Balaban J connectivity index is 1.66. The van der Waals surface area contributed by atoms with Crippen molar-refractivity contribution >= 4 is 10.0 Å². The molecule has 2 aliphatic rings. The summed E-state index contributed by atoms with van der Waals surface area (Å²) in [6.07, 6.45) is 5.04. The van der Waals surface area contributed by atoms with Crippen LogP contribution in [0.15, 0.2) is 29.2 Å². The number of nitrogens with one attached hydrogen (secondary N) is 1. The lowest BCUT2D eigenvalue weighted by Crippen LogP contribution is -2.31. The predicted molar refractivity (Wildman–Crippen MR) is 76.5 cm³/mol. The van der Waals surface area contributed by atoms with Crippen molar-refractivity contribution in [2.45, 2.75) is 37.2 Å². The van der Waals surface area contributed by atoms with Crippen molar-refractivity contribution in [2.24, 2.45) is 17.8 Å². The topological polar surface area (TPSA) is 66.4 Å². The molecule has 0 amide bonds. The van der Waals surface area contributed by atoms with Gasteiger partial charge in [0.2, 0.25) is 10.0 Å². The third-order valence-electron chi connectivity index (χ3n) is 4.81. The molecule has 2 aliphatic carbocycles. The van der Waals surface area contributed by atoms with Crippen LogP contribution >= 0.6 is 0 Å². The van der Waals surface area contributed by atoms with Crippen LogP contribution in [0.3, 0.4) is 0 Å². The van der Waals surface area contributed by atoms with E-state index in [4.69, 9.17) is 5.11 Å². The van der Waals surface area contributed by atoms with Gasteiger partial charge in [0, 0.05) is 6.54 Å². The monoisotopic (exact) mass is 295 g/mol. The molecule has 3 atom stereocenters. The van der Waals surface area contributed by atoms with Gasteiger partial charge in [0.25, 0.3) is 0 Å². The third kappa shape index (κ3) is 2.75. The number of hydrogen-bond donors (Lipinski definition) is 2. The molecule has 0 spiro atoms. The highest BCUT2D eigenvalue weighted by atomic mass is 32.2. The number of benzene rings is 1. The average Bonchev–Trinajstić information content (AvgIpc) is 3.08. The lowest BCUT2D eigenvalue weighted by Gasteiger charge is -2.21. The first kappa shape index (κ1) is 14.0. The molecule has 3 unspecified atom stereocenters. The van der Waals surface area contributed by atoms with Gasteiger partial charge in [-0.25, -0.2) is 13.1 Å². The first-order valence-corrected chi connectivity index (χ1v) is 8.76. The quantitative estimate of drug-likeness (QED) is 0.872. The van der Waals surface area contributed by atoms with Gasteiger partial charge < -0.3 is 5.11 Å². The largest absolute Gasteiger partial charge is 0.392 e. The standard InChI is InChI=1S/C15H21NO3S/c17-10-12-2-1-3-15(8-12)20(18,19)16-9-14-7-11-4-5-13(14)6-11/h1-3,8,11,13-14,16-17H,4-7,9-10H2. The Kier molecular flexibility index (Phi) is 3.84. The summed E-state index contributed by atoms with van der Waals surface area (Å²) in [5.74, 6) is 2.04. The van der Waals surface area contributed by atoms with E-state index in [2.05, 4.69) is 4.72 Å². The van der Waals surface area contributed by atoms with Gasteiger partial charge in [-0.1, -0.05) is 18.6 Å². The van der Waals surface area contributed by atoms with E-state index in [1.54, 1.807) is 18.2 Å². The minimum absolute atomic E-state index is 0.143. The molecule has 0 heterocycles. The molecule has 1 aromatic carbocycles. The molecule has 1 aromatic rings. The van der Waals surface area contributed by atoms with Crippen molar-refractivity contribution in [3.63, 3.8) is 0 Å². The van der Waals surface area contributed by atoms with E-state index in [1.807, 2.05) is 0 Å². The van der Waals surface area contributed by atoms with Gasteiger partial charge >= 0.3 is 0 Å². The van der Waals surface area contributed by atoms with E-state index in [1.165, 1.54) is 31.7 Å². The van der Waals surface area contributed by atoms with E-state index >= 15 is 0 Å². The molecule has 2 bridgehead atoms. The van der Waals surface area contributed by atoms with Crippen LogP contribution in [0.4, 0.5) is 0 Å². The van der Waals surface area contributed by atoms with Gasteiger partial charge in [-0.3, -0.25) is 0 Å². The van der Waals surface area contributed by atoms with Gasteiger partial charge in [0.1, 0.15) is 0 Å². The number of aliphatic hydroxyl groups excluding tert-OH is 1. The molecule has 110 valence electrons. The molecule has 0 aromatic heterocycles. The number of hydrogen-bond acceptors (Lipinski definition) is 3. The summed E-state index contributed by atoms with van der Waals surface area (Å²) in [6, 6.07) is 6.48. The first-order chi connectivity index (χ1) is 9.58. The molecule has 0 aliphatic heterocycles. The summed E-state index contributed by atoms with van der Waals surface area (Å²) in [5.41, 5.74) is 0.618. The van der Waals surface area contributed by atoms with Crippen LogP contribution in [0.5, 0.6) is 0 Å². The third-order valence-corrected chi connectivity index (χ3v) is 6.23. The normalized spacial score (nSPS) is 28.9. The van der Waals surface area contributed by atoms with E-state index in [9.17, 15) is 8.42 Å². The first-order valence-electron chi connectivity index (χ1n) is 7.28. The zero-order valence-electron chi connectivity index (χ0n) is 11.5. The summed E-state index contributed by atoms with van der Waals surface area (Å²) in [5, 5.41) is 9.09. The van der Waals surface area contributed by atoms with Crippen LogP contribution < -0.4 is 4.72 Å². The van der Waals surface area contributed by atoms with Gasteiger partial charge in [0.15, 0.2) is 0 Å². The van der Waals surface area contributed by atoms with Crippen molar-refractivity contribution in [1.82, 2.24) is 4.72 Å². The Labute approximate surface area is 120 Å². The Hall–Kier alpha value is -0.910. The highest BCUT2D eigenvalue weighted by Gasteiger charge is 2.39. The molecular formula is C15H21NO3S. The molecule has 2 saturated carbocycles. The lowest BCUT2D eigenvalue weighted by molar-refractivity contribution is 0.281. The smallest absolute Gasteiger partial charge is 0.240 e. The molecule has 0 saturated heterocycles. The Bertz CT molecular complexity index is 585. The number of aliphatic hydroxyl groups is 1. The maximum Gasteiger partial charge on any atom is 0.240 e. The zero-order chi connectivity index (χ0) is 14.2. The van der Waals surface area contributed by atoms with E-state index < -0.39 is 10.0 Å². The molecule has 3 rings (SSSR count). The fourth-order valence-electron chi connectivity index (χ4n) is 3.74. The second-order valence-corrected chi connectivity index (χ2v) is 7.86. The van der Waals surface area contributed by atoms with Gasteiger partial charge in [-0.05, 0) is 54.7 Å². The van der Waals surface area contributed by atoms with Crippen molar-refractivity contribution < 1.29 is 13.5 Å². The maximum atomic E-state index is 12.3. The predicted octanol–water partition coefficient (Wildman–Crippen LogP) is 1.89. The van der Waals surface area contributed by atoms with Crippen LogP contribution in [0.25, 0.3) is 0 Å². The van der Waals surface area contributed by atoms with Gasteiger partial charge in [0.05, 0.1) is 11.5 Å². The summed E-state index contributed by atoms with van der Waals surface area (Å²) in [7, 11) is -3.46. The second-order valence-electron chi connectivity index (χ2n) is 6.09. The molecule has 4 nitrogen and oxygen atoms in total. The van der Waals surface area contributed by atoms with Crippen molar-refractivity contribution in [1.29, 1.82) is 0 Å². The fourth-order valence-corrected chi connectivity index (χ4v) is 4.90. The average molecular weight is 295 g/mol. The lowest BCUT2D eigenvalue weighted by atomic mass is 9.89. The van der Waals surface area contributed by atoms with Gasteiger partial charge in [-0.2, -0.15) is 0 Å². The SMILES string of the molecule is O=S(=O)(NCC1CC2CCC1C2)c1cccc(CO)c1. The van der Waals surface area contributed by atoms with Crippen LogP contribution in [0, 0.1) is 17.8 Å². The zero-order valence-corrected chi connectivity index (χ0v) is 12.3. The van der Waals surface area contributed by atoms with Crippen molar-refractivity contribution in [3.05, 3.63) is 29.8 Å². The van der Waals surface area contributed by atoms with Crippen LogP contribution in [0.2, 0.25) is 0 Å². The number of sulfonamides is 1. The number of fused-ring (bicyclic) bond motifs is 2. The number of rotatable bonds is 5. The van der Waals surface area contributed by atoms with Crippen molar-refractivity contribution in [3.8, 4) is 0 Å². The van der Waals surface area contributed by atoms with Crippen molar-refractivity contribution in [2.75, 3.05) is 6.54 Å².